The summed E-state index contributed by atoms with van der Waals surface area (Å²) in [5.41, 5.74) is 5.61. The van der Waals surface area contributed by atoms with Crippen molar-refractivity contribution in [1.29, 1.82) is 0 Å². The highest BCUT2D eigenvalue weighted by Crippen LogP contribution is 2.38. The van der Waals surface area contributed by atoms with Crippen LogP contribution < -0.4 is 0 Å². The Bertz CT molecular complexity index is 1070. The molecule has 0 radical (unpaired) electrons. The van der Waals surface area contributed by atoms with Gasteiger partial charge in [0.1, 0.15) is 5.82 Å². The van der Waals surface area contributed by atoms with Crippen LogP contribution >= 0.6 is 0 Å². The second-order valence-electron chi connectivity index (χ2n) is 7.95. The summed E-state index contributed by atoms with van der Waals surface area (Å²) in [6.07, 6.45) is 10.9. The molecule has 30 heavy (non-hydrogen) atoms. The predicted molar refractivity (Wildman–Crippen MR) is 115 cm³/mol. The van der Waals surface area contributed by atoms with Crippen molar-refractivity contribution in [3.63, 3.8) is 0 Å². The van der Waals surface area contributed by atoms with E-state index in [2.05, 4.69) is 22.0 Å². The number of nitrogens with zero attached hydrogens (tertiary/aromatic N) is 6. The number of aromatic nitrogens is 5. The normalized spacial score (nSPS) is 16.3. The molecule has 3 aromatic rings. The smallest absolute Gasteiger partial charge is 0.257 e. The van der Waals surface area contributed by atoms with Crippen LogP contribution in [0, 0.1) is 13.8 Å². The van der Waals surface area contributed by atoms with Crippen molar-refractivity contribution in [2.75, 3.05) is 6.54 Å². The maximum absolute atomic E-state index is 13.4. The molecule has 1 saturated heterocycles. The summed E-state index contributed by atoms with van der Waals surface area (Å²) in [4.78, 5) is 29.2. The lowest BCUT2D eigenvalue weighted by atomic mass is 9.97. The van der Waals surface area contributed by atoms with Gasteiger partial charge in [-0.05, 0) is 50.3 Å². The molecule has 0 N–H and O–H groups in total. The quantitative estimate of drug-likeness (QED) is 0.646. The zero-order valence-corrected chi connectivity index (χ0v) is 18.1. The Balaban J connectivity index is 1.79. The Hall–Kier alpha value is -3.09. The topological polar surface area (TPSA) is 76.8 Å². The Morgan fingerprint density at radius 1 is 1.20 bits per heavy atom. The lowest BCUT2D eigenvalue weighted by molar-refractivity contribution is 0.0732. The molecule has 156 valence electrons. The minimum atomic E-state index is -0.0710. The summed E-state index contributed by atoms with van der Waals surface area (Å²) in [5.74, 6) is 0.857. The number of hydrogen-bond donors (Lipinski definition) is 0. The first kappa shape index (κ1) is 20.2. The number of hydrogen-bond acceptors (Lipinski definition) is 5. The largest absolute Gasteiger partial charge is 0.330 e. The fourth-order valence-electron chi connectivity index (χ4n) is 4.17. The summed E-state index contributed by atoms with van der Waals surface area (Å²) >= 11 is 0. The van der Waals surface area contributed by atoms with Gasteiger partial charge in [-0.25, -0.2) is 9.97 Å². The van der Waals surface area contributed by atoms with Gasteiger partial charge in [-0.1, -0.05) is 6.92 Å². The monoisotopic (exact) mass is 404 g/mol. The second-order valence-corrected chi connectivity index (χ2v) is 7.95. The minimum absolute atomic E-state index is 0.0242. The van der Waals surface area contributed by atoms with Crippen LogP contribution in [0.15, 0.2) is 30.9 Å². The molecule has 3 aromatic heterocycles. The summed E-state index contributed by atoms with van der Waals surface area (Å²) in [5, 5.41) is 4.26. The van der Waals surface area contributed by atoms with Crippen LogP contribution in [0.2, 0.25) is 0 Å². The Labute approximate surface area is 177 Å². The molecule has 1 fully saturated rings. The molecule has 4 rings (SSSR count). The molecule has 7 heteroatoms. The zero-order chi connectivity index (χ0) is 21.3. The van der Waals surface area contributed by atoms with Crippen LogP contribution in [-0.4, -0.2) is 42.1 Å². The van der Waals surface area contributed by atoms with Gasteiger partial charge in [0.15, 0.2) is 0 Å². The van der Waals surface area contributed by atoms with E-state index >= 15 is 0 Å². The summed E-state index contributed by atoms with van der Waals surface area (Å²) in [7, 11) is 1.86. The van der Waals surface area contributed by atoms with Crippen molar-refractivity contribution in [2.24, 2.45) is 7.05 Å². The first-order chi connectivity index (χ1) is 14.5. The van der Waals surface area contributed by atoms with Crippen molar-refractivity contribution in [2.45, 2.75) is 52.5 Å². The highest BCUT2D eigenvalue weighted by Gasteiger charge is 2.35. The molecule has 1 aliphatic rings. The molecule has 7 nitrogen and oxygen atoms in total. The van der Waals surface area contributed by atoms with Crippen molar-refractivity contribution in [1.82, 2.24) is 29.6 Å². The van der Waals surface area contributed by atoms with Gasteiger partial charge in [0.05, 0.1) is 23.5 Å². The number of rotatable bonds is 5. The lowest BCUT2D eigenvalue weighted by Gasteiger charge is -2.26. The van der Waals surface area contributed by atoms with Gasteiger partial charge in [0, 0.05) is 49.9 Å². The van der Waals surface area contributed by atoms with E-state index < -0.39 is 0 Å². The molecule has 1 amide bonds. The van der Waals surface area contributed by atoms with E-state index in [0.717, 1.165) is 66.1 Å². The standard InChI is InChI=1S/C23H28N6O/c1-5-7-21-25-13-19(17-9-10-24-12-15(17)2)22(27-21)20-8-6-11-29(20)23(30)18-14-26-28(4)16(18)3/h9-10,12-14,20H,5-8,11H2,1-4H3. The van der Waals surface area contributed by atoms with Crippen LogP contribution in [0.3, 0.4) is 0 Å². The number of carbonyl (C=O) groups is 1. The van der Waals surface area contributed by atoms with Gasteiger partial charge in [0.2, 0.25) is 0 Å². The van der Waals surface area contributed by atoms with E-state index in [1.54, 1.807) is 17.1 Å². The Kier molecular flexibility index (Phi) is 5.61. The molecule has 0 aromatic carbocycles. The molecule has 1 atom stereocenters. The highest BCUT2D eigenvalue weighted by atomic mass is 16.2. The molecule has 0 bridgehead atoms. The van der Waals surface area contributed by atoms with Gasteiger partial charge in [-0.2, -0.15) is 5.10 Å². The summed E-state index contributed by atoms with van der Waals surface area (Å²) in [6.45, 7) is 6.82. The number of aryl methyl sites for hydroxylation is 3. The van der Waals surface area contributed by atoms with Gasteiger partial charge in [-0.3, -0.25) is 14.5 Å². The average molecular weight is 405 g/mol. The molecule has 1 aliphatic heterocycles. The van der Waals surface area contributed by atoms with E-state index in [4.69, 9.17) is 4.98 Å². The van der Waals surface area contributed by atoms with E-state index in [9.17, 15) is 4.79 Å². The summed E-state index contributed by atoms with van der Waals surface area (Å²) < 4.78 is 1.74. The molecule has 0 spiro atoms. The summed E-state index contributed by atoms with van der Waals surface area (Å²) in [6, 6.07) is 1.93. The first-order valence-corrected chi connectivity index (χ1v) is 10.6. The zero-order valence-electron chi connectivity index (χ0n) is 18.1. The average Bonchev–Trinajstić information content (AvgIpc) is 3.36. The van der Waals surface area contributed by atoms with E-state index in [0.29, 0.717) is 5.56 Å². The van der Waals surface area contributed by atoms with Crippen LogP contribution in [0.25, 0.3) is 11.1 Å². The predicted octanol–water partition coefficient (Wildman–Crippen LogP) is 3.82. The molecule has 0 aliphatic carbocycles. The van der Waals surface area contributed by atoms with Crippen molar-refractivity contribution >= 4 is 5.91 Å². The van der Waals surface area contributed by atoms with E-state index in [-0.39, 0.29) is 11.9 Å². The Morgan fingerprint density at radius 2 is 2.03 bits per heavy atom. The van der Waals surface area contributed by atoms with Gasteiger partial charge >= 0.3 is 0 Å². The third kappa shape index (κ3) is 3.60. The van der Waals surface area contributed by atoms with Gasteiger partial charge in [-0.15, -0.1) is 0 Å². The van der Waals surface area contributed by atoms with Gasteiger partial charge < -0.3 is 4.90 Å². The molecule has 1 unspecified atom stereocenters. The molecular formula is C23H28N6O. The minimum Gasteiger partial charge on any atom is -0.330 e. The SMILES string of the molecule is CCCc1ncc(-c2ccncc2C)c(C2CCCN2C(=O)c2cnn(C)c2C)n1. The fraction of sp³-hybridized carbons (Fsp3) is 0.435. The van der Waals surface area contributed by atoms with Crippen molar-refractivity contribution in [3.8, 4) is 11.1 Å². The maximum Gasteiger partial charge on any atom is 0.257 e. The number of carbonyl (C=O) groups excluding carboxylic acids is 1. The molecule has 4 heterocycles. The molecule has 0 saturated carbocycles. The van der Waals surface area contributed by atoms with Crippen LogP contribution in [0.1, 0.15) is 65.4 Å². The molecular weight excluding hydrogens is 376 g/mol. The Morgan fingerprint density at radius 3 is 2.73 bits per heavy atom. The van der Waals surface area contributed by atoms with Crippen LogP contribution in [0.4, 0.5) is 0 Å². The third-order valence-corrected chi connectivity index (χ3v) is 5.95. The number of pyridine rings is 1. The lowest BCUT2D eigenvalue weighted by Crippen LogP contribution is -2.32. The van der Waals surface area contributed by atoms with Crippen molar-refractivity contribution < 1.29 is 4.79 Å². The van der Waals surface area contributed by atoms with Crippen LogP contribution in [0.5, 0.6) is 0 Å². The first-order valence-electron chi connectivity index (χ1n) is 10.6. The highest BCUT2D eigenvalue weighted by molar-refractivity contribution is 5.95. The van der Waals surface area contributed by atoms with E-state index in [1.165, 1.54) is 0 Å². The van der Waals surface area contributed by atoms with Crippen LogP contribution in [-0.2, 0) is 13.5 Å². The number of amides is 1. The number of likely N-dealkylation sites (tertiary alicyclic amines) is 1. The van der Waals surface area contributed by atoms with E-state index in [1.807, 2.05) is 44.3 Å². The van der Waals surface area contributed by atoms with Gasteiger partial charge in [0.25, 0.3) is 5.91 Å². The fourth-order valence-corrected chi connectivity index (χ4v) is 4.17. The van der Waals surface area contributed by atoms with Crippen molar-refractivity contribution in [3.05, 3.63) is 59.2 Å². The maximum atomic E-state index is 13.4. The third-order valence-electron chi connectivity index (χ3n) is 5.95. The second kappa shape index (κ2) is 8.34.